The van der Waals surface area contributed by atoms with Crippen LogP contribution in [-0.4, -0.2) is 20.9 Å². The fourth-order valence-electron chi connectivity index (χ4n) is 3.66. The maximum absolute atomic E-state index is 13.3. The van der Waals surface area contributed by atoms with Gasteiger partial charge in [-0.1, -0.05) is 41.9 Å². The molecule has 0 fully saturated rings. The van der Waals surface area contributed by atoms with Gasteiger partial charge < -0.3 is 10.6 Å². The highest BCUT2D eigenvalue weighted by Crippen LogP contribution is 2.16. The van der Waals surface area contributed by atoms with Gasteiger partial charge in [-0.05, 0) is 48.0 Å². The summed E-state index contributed by atoms with van der Waals surface area (Å²) >= 11 is 5.94. The first-order valence-corrected chi connectivity index (χ1v) is 10.8. The molecule has 2 N–H and O–H groups in total. The highest BCUT2D eigenvalue weighted by atomic mass is 35.5. The Labute approximate surface area is 199 Å². The van der Waals surface area contributed by atoms with Crippen LogP contribution in [0.4, 0.5) is 11.4 Å². The molecule has 2 amide bonds. The van der Waals surface area contributed by atoms with Crippen LogP contribution in [0.1, 0.15) is 12.5 Å². The fraction of sp³-hybridized carbons (Fsp3) is 0.120. The van der Waals surface area contributed by atoms with E-state index in [-0.39, 0.29) is 19.0 Å². The predicted molar refractivity (Wildman–Crippen MR) is 132 cm³/mol. The van der Waals surface area contributed by atoms with E-state index in [1.54, 1.807) is 72.8 Å². The molecule has 0 atom stereocenters. The van der Waals surface area contributed by atoms with Crippen LogP contribution in [0, 0.1) is 0 Å². The van der Waals surface area contributed by atoms with Gasteiger partial charge in [-0.3, -0.25) is 23.5 Å². The van der Waals surface area contributed by atoms with Crippen molar-refractivity contribution in [1.29, 1.82) is 0 Å². The van der Waals surface area contributed by atoms with Crippen LogP contribution in [0.2, 0.25) is 5.02 Å². The zero-order chi connectivity index (χ0) is 24.2. The second-order valence-electron chi connectivity index (χ2n) is 7.71. The highest BCUT2D eigenvalue weighted by molar-refractivity contribution is 6.30. The van der Waals surface area contributed by atoms with Gasteiger partial charge in [0.05, 0.1) is 17.4 Å². The summed E-state index contributed by atoms with van der Waals surface area (Å²) in [6.45, 7) is 1.13. The lowest BCUT2D eigenvalue weighted by molar-refractivity contribution is -0.117. The number of amides is 2. The molecule has 3 aromatic carbocycles. The van der Waals surface area contributed by atoms with Crippen LogP contribution >= 0.6 is 11.6 Å². The number of anilines is 2. The normalized spacial score (nSPS) is 10.8. The summed E-state index contributed by atoms with van der Waals surface area (Å²) in [6.07, 6.45) is 0. The van der Waals surface area contributed by atoms with E-state index in [9.17, 15) is 19.2 Å². The summed E-state index contributed by atoms with van der Waals surface area (Å²) in [5.74, 6) is -0.687. The first kappa shape index (κ1) is 23.0. The van der Waals surface area contributed by atoms with E-state index in [1.165, 1.54) is 11.5 Å². The van der Waals surface area contributed by atoms with Gasteiger partial charge in [0, 0.05) is 23.3 Å². The topological polar surface area (TPSA) is 102 Å². The Balaban J connectivity index is 1.68. The number of carbonyl (C=O) groups excluding carboxylic acids is 2. The third-order valence-corrected chi connectivity index (χ3v) is 5.41. The number of fused-ring (bicyclic) bond motifs is 1. The van der Waals surface area contributed by atoms with E-state index in [2.05, 4.69) is 10.6 Å². The first-order valence-electron chi connectivity index (χ1n) is 10.5. The van der Waals surface area contributed by atoms with Crippen molar-refractivity contribution in [3.63, 3.8) is 0 Å². The molecule has 34 heavy (non-hydrogen) atoms. The SMILES string of the molecule is CC(=O)Nc1cccc(NC(=O)Cn2c(=O)n(Cc3ccc(Cl)cc3)c(=O)c3ccccc32)c1. The number of halogens is 1. The van der Waals surface area contributed by atoms with Gasteiger partial charge in [-0.25, -0.2) is 4.79 Å². The number of aromatic nitrogens is 2. The van der Waals surface area contributed by atoms with Crippen molar-refractivity contribution < 1.29 is 9.59 Å². The number of hydrogen-bond acceptors (Lipinski definition) is 4. The Kier molecular flexibility index (Phi) is 6.60. The lowest BCUT2D eigenvalue weighted by atomic mass is 10.2. The zero-order valence-corrected chi connectivity index (χ0v) is 19.0. The minimum absolute atomic E-state index is 0.0417. The molecule has 0 aliphatic heterocycles. The van der Waals surface area contributed by atoms with Crippen LogP contribution in [-0.2, 0) is 22.7 Å². The molecule has 0 aliphatic carbocycles. The number of nitrogens with one attached hydrogen (secondary N) is 2. The summed E-state index contributed by atoms with van der Waals surface area (Å²) in [5, 5.41) is 6.26. The van der Waals surface area contributed by atoms with E-state index in [1.807, 2.05) is 0 Å². The van der Waals surface area contributed by atoms with Crippen LogP contribution in [0.15, 0.2) is 82.4 Å². The number of rotatable bonds is 6. The predicted octanol–water partition coefficient (Wildman–Crippen LogP) is 3.46. The Morgan fingerprint density at radius 2 is 1.53 bits per heavy atom. The second kappa shape index (κ2) is 9.76. The summed E-state index contributed by atoms with van der Waals surface area (Å²) < 4.78 is 2.38. The minimum Gasteiger partial charge on any atom is -0.326 e. The fourth-order valence-corrected chi connectivity index (χ4v) is 3.78. The average molecular weight is 477 g/mol. The molecule has 0 saturated heterocycles. The van der Waals surface area contributed by atoms with Gasteiger partial charge in [-0.2, -0.15) is 0 Å². The third-order valence-electron chi connectivity index (χ3n) is 5.15. The number of benzene rings is 3. The van der Waals surface area contributed by atoms with Gasteiger partial charge in [0.1, 0.15) is 6.54 Å². The average Bonchev–Trinajstić information content (AvgIpc) is 2.80. The van der Waals surface area contributed by atoms with Crippen LogP contribution in [0.5, 0.6) is 0 Å². The Hall–Kier alpha value is -4.17. The lowest BCUT2D eigenvalue weighted by Gasteiger charge is -2.14. The molecule has 172 valence electrons. The maximum Gasteiger partial charge on any atom is 0.332 e. The van der Waals surface area contributed by atoms with Crippen molar-refractivity contribution >= 4 is 45.7 Å². The molecular formula is C25H21ClN4O4. The highest BCUT2D eigenvalue weighted by Gasteiger charge is 2.16. The molecule has 0 aliphatic rings. The Morgan fingerprint density at radius 3 is 2.24 bits per heavy atom. The van der Waals surface area contributed by atoms with Gasteiger partial charge in [-0.15, -0.1) is 0 Å². The summed E-state index contributed by atoms with van der Waals surface area (Å²) in [5.41, 5.74) is 1.06. The third kappa shape index (κ3) is 5.07. The summed E-state index contributed by atoms with van der Waals surface area (Å²) in [6, 6.07) is 20.2. The molecule has 1 aromatic heterocycles. The molecule has 9 heteroatoms. The zero-order valence-electron chi connectivity index (χ0n) is 18.2. The van der Waals surface area contributed by atoms with Gasteiger partial charge >= 0.3 is 5.69 Å². The molecule has 0 saturated carbocycles. The van der Waals surface area contributed by atoms with Gasteiger partial charge in [0.15, 0.2) is 0 Å². The van der Waals surface area contributed by atoms with Crippen LogP contribution in [0.3, 0.4) is 0 Å². The minimum atomic E-state index is -0.596. The van der Waals surface area contributed by atoms with Crippen LogP contribution in [0.25, 0.3) is 10.9 Å². The van der Waals surface area contributed by atoms with E-state index >= 15 is 0 Å². The van der Waals surface area contributed by atoms with Crippen molar-refractivity contribution in [2.24, 2.45) is 0 Å². The Morgan fingerprint density at radius 1 is 0.853 bits per heavy atom. The molecule has 0 unspecified atom stereocenters. The molecule has 0 radical (unpaired) electrons. The molecule has 1 heterocycles. The lowest BCUT2D eigenvalue weighted by Crippen LogP contribution is -2.42. The number of carbonyl (C=O) groups is 2. The Bertz CT molecular complexity index is 1510. The van der Waals surface area contributed by atoms with Gasteiger partial charge in [0.2, 0.25) is 11.8 Å². The summed E-state index contributed by atoms with van der Waals surface area (Å²) in [4.78, 5) is 50.5. The molecular weight excluding hydrogens is 456 g/mol. The van der Waals surface area contributed by atoms with Crippen molar-refractivity contribution in [3.05, 3.63) is 104 Å². The second-order valence-corrected chi connectivity index (χ2v) is 8.15. The molecule has 4 aromatic rings. The molecule has 0 bridgehead atoms. The van der Waals surface area contributed by atoms with Gasteiger partial charge in [0.25, 0.3) is 5.56 Å². The number of nitrogens with zero attached hydrogens (tertiary/aromatic N) is 2. The van der Waals surface area contributed by atoms with E-state index < -0.39 is 17.2 Å². The largest absolute Gasteiger partial charge is 0.332 e. The van der Waals surface area contributed by atoms with Crippen molar-refractivity contribution in [1.82, 2.24) is 9.13 Å². The quantitative estimate of drug-likeness (QED) is 0.445. The first-order chi connectivity index (χ1) is 16.3. The molecule has 0 spiro atoms. The maximum atomic E-state index is 13.3. The standard InChI is InChI=1S/C25H21ClN4O4/c1-16(31)27-19-5-4-6-20(13-19)28-23(32)15-29-22-8-3-2-7-21(22)24(33)30(25(29)34)14-17-9-11-18(26)12-10-17/h2-13H,14-15H2,1H3,(H,27,31)(H,28,32). The number of para-hydroxylation sites is 1. The van der Waals surface area contributed by atoms with E-state index in [0.29, 0.717) is 27.3 Å². The molecule has 4 rings (SSSR count). The van der Waals surface area contributed by atoms with E-state index in [4.69, 9.17) is 11.6 Å². The van der Waals surface area contributed by atoms with Crippen molar-refractivity contribution in [3.8, 4) is 0 Å². The monoisotopic (exact) mass is 476 g/mol. The number of hydrogen-bond donors (Lipinski definition) is 2. The van der Waals surface area contributed by atoms with Crippen molar-refractivity contribution in [2.45, 2.75) is 20.0 Å². The van der Waals surface area contributed by atoms with Crippen LogP contribution < -0.4 is 21.9 Å². The van der Waals surface area contributed by atoms with Crippen molar-refractivity contribution in [2.75, 3.05) is 10.6 Å². The summed E-state index contributed by atoms with van der Waals surface area (Å²) in [7, 11) is 0. The van der Waals surface area contributed by atoms with E-state index in [0.717, 1.165) is 10.1 Å². The molecule has 8 nitrogen and oxygen atoms in total. The smallest absolute Gasteiger partial charge is 0.326 e.